The predicted octanol–water partition coefficient (Wildman–Crippen LogP) is 5.92. The lowest BCUT2D eigenvalue weighted by Gasteiger charge is -2.40. The zero-order valence-corrected chi connectivity index (χ0v) is 22.8. The number of rotatable bonds is 7. The minimum absolute atomic E-state index is 0.191. The van der Waals surface area contributed by atoms with Crippen LogP contribution in [-0.2, 0) is 17.4 Å². The summed E-state index contributed by atoms with van der Waals surface area (Å²) in [6, 6.07) is 3.54. The summed E-state index contributed by atoms with van der Waals surface area (Å²) in [5.41, 5.74) is -0.295. The fourth-order valence-corrected chi connectivity index (χ4v) is 4.91. The SMILES string of the molecule is CCN(C[C@@]1(C)CCc2cc(-c3ncc(C(F)(F)F)cc3F)c(C)nc2N1)C(=O)[C@H](C)c1cc(OC)ncc1F. The van der Waals surface area contributed by atoms with Gasteiger partial charge in [-0.1, -0.05) is 0 Å². The Morgan fingerprint density at radius 1 is 1.18 bits per heavy atom. The highest BCUT2D eigenvalue weighted by Gasteiger charge is 2.36. The second-order valence-electron chi connectivity index (χ2n) is 10.2. The van der Waals surface area contributed by atoms with E-state index in [4.69, 9.17) is 4.74 Å². The third-order valence-electron chi connectivity index (χ3n) is 7.22. The Morgan fingerprint density at radius 3 is 2.52 bits per heavy atom. The number of carbonyl (C=O) groups excluding carboxylic acids is 1. The van der Waals surface area contributed by atoms with Gasteiger partial charge in [-0.25, -0.2) is 18.7 Å². The Kier molecular flexibility index (Phi) is 8.00. The van der Waals surface area contributed by atoms with Gasteiger partial charge in [0.05, 0.1) is 30.3 Å². The number of fused-ring (bicyclic) bond motifs is 1. The van der Waals surface area contributed by atoms with E-state index in [1.165, 1.54) is 13.2 Å². The van der Waals surface area contributed by atoms with Gasteiger partial charge in [-0.15, -0.1) is 0 Å². The first kappa shape index (κ1) is 29.2. The lowest BCUT2D eigenvalue weighted by molar-refractivity contribution is -0.138. The summed E-state index contributed by atoms with van der Waals surface area (Å²) >= 11 is 0. The van der Waals surface area contributed by atoms with Gasteiger partial charge in [0.25, 0.3) is 0 Å². The number of aryl methyl sites for hydroxylation is 2. The molecule has 214 valence electrons. The lowest BCUT2D eigenvalue weighted by Crippen LogP contribution is -2.51. The number of hydrogen-bond donors (Lipinski definition) is 1. The van der Waals surface area contributed by atoms with E-state index in [9.17, 15) is 26.7 Å². The zero-order valence-electron chi connectivity index (χ0n) is 22.8. The van der Waals surface area contributed by atoms with Gasteiger partial charge in [-0.05, 0) is 58.2 Å². The van der Waals surface area contributed by atoms with E-state index in [1.54, 1.807) is 24.8 Å². The second kappa shape index (κ2) is 11.0. The van der Waals surface area contributed by atoms with Crippen molar-refractivity contribution >= 4 is 11.7 Å². The number of nitrogens with zero attached hydrogens (tertiary/aromatic N) is 4. The van der Waals surface area contributed by atoms with Gasteiger partial charge >= 0.3 is 6.18 Å². The molecule has 3 aromatic rings. The molecule has 4 rings (SSSR count). The minimum atomic E-state index is -4.70. The van der Waals surface area contributed by atoms with Crippen molar-refractivity contribution in [1.29, 1.82) is 0 Å². The maximum absolute atomic E-state index is 14.6. The summed E-state index contributed by atoms with van der Waals surface area (Å²) in [6.07, 6.45) is -1.95. The number of nitrogens with one attached hydrogen (secondary N) is 1. The third kappa shape index (κ3) is 5.85. The normalized spacial score (nSPS) is 17.6. The first-order valence-electron chi connectivity index (χ1n) is 12.8. The predicted molar refractivity (Wildman–Crippen MR) is 139 cm³/mol. The van der Waals surface area contributed by atoms with Crippen LogP contribution >= 0.6 is 0 Å². The number of pyridine rings is 3. The molecule has 0 fully saturated rings. The number of hydrogen-bond acceptors (Lipinski definition) is 6. The number of carbonyl (C=O) groups is 1. The third-order valence-corrected chi connectivity index (χ3v) is 7.22. The van der Waals surface area contributed by atoms with Crippen molar-refractivity contribution in [3.05, 3.63) is 64.6 Å². The van der Waals surface area contributed by atoms with Crippen LogP contribution in [0, 0.1) is 18.6 Å². The van der Waals surface area contributed by atoms with Gasteiger partial charge in [-0.2, -0.15) is 13.2 Å². The van der Waals surface area contributed by atoms with Gasteiger partial charge < -0.3 is 15.0 Å². The molecule has 2 atom stereocenters. The van der Waals surface area contributed by atoms with Crippen LogP contribution in [0.25, 0.3) is 11.3 Å². The average Bonchev–Trinajstić information content (AvgIpc) is 2.90. The molecular weight excluding hydrogens is 533 g/mol. The molecule has 40 heavy (non-hydrogen) atoms. The molecule has 1 aliphatic heterocycles. The summed E-state index contributed by atoms with van der Waals surface area (Å²) in [7, 11) is 1.41. The number of alkyl halides is 3. The molecule has 0 saturated carbocycles. The van der Waals surface area contributed by atoms with E-state index in [2.05, 4.69) is 20.3 Å². The Hall–Kier alpha value is -3.83. The molecule has 0 unspecified atom stereocenters. The molecule has 1 amide bonds. The molecule has 0 bridgehead atoms. The number of amides is 1. The van der Waals surface area contributed by atoms with Crippen LogP contribution in [0.4, 0.5) is 27.8 Å². The maximum Gasteiger partial charge on any atom is 0.417 e. The van der Waals surface area contributed by atoms with Crippen LogP contribution in [0.2, 0.25) is 0 Å². The fourth-order valence-electron chi connectivity index (χ4n) is 4.91. The van der Waals surface area contributed by atoms with Gasteiger partial charge in [0, 0.05) is 42.2 Å². The molecule has 1 N–H and O–H groups in total. The molecule has 0 aliphatic carbocycles. The highest BCUT2D eigenvalue weighted by Crippen LogP contribution is 2.36. The number of halogens is 5. The zero-order chi connectivity index (χ0) is 29.4. The van der Waals surface area contributed by atoms with Gasteiger partial charge in [0.1, 0.15) is 23.1 Å². The Bertz CT molecular complexity index is 1430. The molecule has 0 saturated heterocycles. The Morgan fingerprint density at radius 2 is 1.90 bits per heavy atom. The topological polar surface area (TPSA) is 80.2 Å². The average molecular weight is 564 g/mol. The fraction of sp³-hybridized carbons (Fsp3) is 0.429. The van der Waals surface area contributed by atoms with E-state index in [-0.39, 0.29) is 23.0 Å². The van der Waals surface area contributed by atoms with Crippen LogP contribution in [-0.4, -0.2) is 51.5 Å². The molecular formula is C28H30F5N5O2. The van der Waals surface area contributed by atoms with Gasteiger partial charge in [-0.3, -0.25) is 9.78 Å². The number of likely N-dealkylation sites (N-methyl/N-ethyl adjacent to an activating group) is 1. The quantitative estimate of drug-likeness (QED) is 0.360. The summed E-state index contributed by atoms with van der Waals surface area (Å²) in [6.45, 7) is 7.76. The van der Waals surface area contributed by atoms with E-state index in [0.717, 1.165) is 11.8 Å². The maximum atomic E-state index is 14.6. The first-order valence-corrected chi connectivity index (χ1v) is 12.8. The monoisotopic (exact) mass is 563 g/mol. The van der Waals surface area contributed by atoms with Crippen molar-refractivity contribution < 1.29 is 31.5 Å². The summed E-state index contributed by atoms with van der Waals surface area (Å²) in [4.78, 5) is 27.2. The van der Waals surface area contributed by atoms with E-state index >= 15 is 0 Å². The van der Waals surface area contributed by atoms with Crippen molar-refractivity contribution in [2.45, 2.75) is 58.2 Å². The molecule has 12 heteroatoms. The van der Waals surface area contributed by atoms with Gasteiger partial charge in [0.2, 0.25) is 11.8 Å². The van der Waals surface area contributed by atoms with Crippen molar-refractivity contribution in [2.24, 2.45) is 0 Å². The molecule has 1 aliphatic rings. The summed E-state index contributed by atoms with van der Waals surface area (Å²) in [5, 5.41) is 3.39. The highest BCUT2D eigenvalue weighted by atomic mass is 19.4. The van der Waals surface area contributed by atoms with E-state index in [1.807, 2.05) is 13.8 Å². The molecule has 0 radical (unpaired) electrons. The molecule has 0 aromatic carbocycles. The second-order valence-corrected chi connectivity index (χ2v) is 10.2. The van der Waals surface area contributed by atoms with Crippen LogP contribution in [0.3, 0.4) is 0 Å². The number of anilines is 1. The van der Waals surface area contributed by atoms with Crippen LogP contribution in [0.1, 0.15) is 55.5 Å². The Balaban J connectivity index is 1.55. The number of methoxy groups -OCH3 is 1. The smallest absolute Gasteiger partial charge is 0.417 e. The van der Waals surface area contributed by atoms with E-state index < -0.39 is 34.8 Å². The first-order chi connectivity index (χ1) is 18.8. The van der Waals surface area contributed by atoms with Gasteiger partial charge in [0.15, 0.2) is 0 Å². The number of aromatic nitrogens is 3. The van der Waals surface area contributed by atoms with Crippen molar-refractivity contribution in [2.75, 3.05) is 25.5 Å². The highest BCUT2D eigenvalue weighted by molar-refractivity contribution is 5.83. The lowest BCUT2D eigenvalue weighted by atomic mass is 9.87. The minimum Gasteiger partial charge on any atom is -0.481 e. The number of ether oxygens (including phenoxy) is 1. The van der Waals surface area contributed by atoms with Crippen LogP contribution in [0.5, 0.6) is 5.88 Å². The standard InChI is InChI=1S/C28H30F5N5O2/c1-6-38(26(39)15(2)19-11-23(40-5)34-13-22(19)30)14-27(4)8-7-17-9-20(16(3)36-25(17)37-27)24-21(29)10-18(12-35-24)28(31,32)33/h9-13,15H,6-8,14H2,1-5H3,(H,36,37)/t15-,27-/m1/s1. The molecule has 7 nitrogen and oxygen atoms in total. The van der Waals surface area contributed by atoms with Crippen LogP contribution in [0.15, 0.2) is 30.6 Å². The van der Waals surface area contributed by atoms with Crippen molar-refractivity contribution in [3.63, 3.8) is 0 Å². The van der Waals surface area contributed by atoms with Crippen molar-refractivity contribution in [1.82, 2.24) is 19.9 Å². The Labute approximate surface area is 228 Å². The molecule has 4 heterocycles. The summed E-state index contributed by atoms with van der Waals surface area (Å²) < 4.78 is 73.0. The molecule has 3 aromatic heterocycles. The largest absolute Gasteiger partial charge is 0.481 e. The molecule has 0 spiro atoms. The van der Waals surface area contributed by atoms with Crippen molar-refractivity contribution in [3.8, 4) is 17.1 Å². The van der Waals surface area contributed by atoms with E-state index in [0.29, 0.717) is 55.3 Å². The summed E-state index contributed by atoms with van der Waals surface area (Å²) in [5.74, 6) is -1.95. The van der Waals surface area contributed by atoms with Crippen LogP contribution < -0.4 is 10.1 Å².